The predicted molar refractivity (Wildman–Crippen MR) is 202 cm³/mol. The van der Waals surface area contributed by atoms with Gasteiger partial charge < -0.3 is 9.73 Å². The Bertz CT molecular complexity index is 3250. The number of fused-ring (bicyclic) bond motifs is 2. The molecule has 0 amide bonds. The van der Waals surface area contributed by atoms with E-state index in [0.29, 0.717) is 34.3 Å². The standard InChI is InChI=1S/C34H28N2O16S5/c1-19-4-2-3-5-25(19)34-26-11-8-22(35-17-20-6-9-23(53(37,38)39)13-31(20)55(43,44)45)12-29(26)52-30-16-28(33(15-27(30)34)57(49,50)51)36-18-21-7-10-24(54(40,41)42)14-32(21)56(46,47)48/h2-16,35H,17-18H2,1H3,(H,37,38,39)(H,40,41,42)(H,43,44,45)(H,46,47,48)(H,49,50,51). The van der Waals surface area contributed by atoms with Crippen molar-refractivity contribution in [3.63, 3.8) is 0 Å². The van der Waals surface area contributed by atoms with Gasteiger partial charge in [-0.25, -0.2) is 0 Å². The fourth-order valence-electron chi connectivity index (χ4n) is 6.00. The molecule has 0 aromatic heterocycles. The Hall–Kier alpha value is -5.08. The molecule has 57 heavy (non-hydrogen) atoms. The van der Waals surface area contributed by atoms with Crippen LogP contribution in [0.4, 0.5) is 5.69 Å². The van der Waals surface area contributed by atoms with Crippen molar-refractivity contribution in [2.45, 2.75) is 44.5 Å². The van der Waals surface area contributed by atoms with Crippen LogP contribution in [0.5, 0.6) is 0 Å². The maximum Gasteiger partial charge on any atom is 0.296 e. The number of benzene rings is 5. The Morgan fingerprint density at radius 1 is 0.579 bits per heavy atom. The molecule has 300 valence electrons. The first-order valence-corrected chi connectivity index (χ1v) is 23.0. The summed E-state index contributed by atoms with van der Waals surface area (Å²) < 4.78 is 175. The summed E-state index contributed by atoms with van der Waals surface area (Å²) in [5.41, 5.74) is 2.07. The van der Waals surface area contributed by atoms with Crippen LogP contribution in [0.25, 0.3) is 33.4 Å². The summed E-state index contributed by atoms with van der Waals surface area (Å²) in [5.74, 6) is -0.00441. The first-order valence-electron chi connectivity index (χ1n) is 15.8. The number of nitrogens with zero attached hydrogens (tertiary/aromatic N) is 1. The van der Waals surface area contributed by atoms with E-state index in [-0.39, 0.29) is 34.6 Å². The third-order valence-electron chi connectivity index (χ3n) is 8.63. The molecule has 0 saturated heterocycles. The van der Waals surface area contributed by atoms with E-state index in [1.807, 2.05) is 0 Å². The van der Waals surface area contributed by atoms with Gasteiger partial charge in [0.25, 0.3) is 50.6 Å². The zero-order chi connectivity index (χ0) is 41.9. The number of nitrogens with one attached hydrogen (secondary N) is 1. The van der Waals surface area contributed by atoms with Gasteiger partial charge in [-0.1, -0.05) is 36.4 Å². The molecular formula is C34H28N2O16S5. The average Bonchev–Trinajstić information content (AvgIpc) is 3.10. The molecule has 23 heteroatoms. The molecule has 6 rings (SSSR count). The Balaban J connectivity index is 1.54. The van der Waals surface area contributed by atoms with Crippen LogP contribution in [-0.2, 0) is 63.7 Å². The van der Waals surface area contributed by atoms with Gasteiger partial charge in [-0.15, -0.1) is 0 Å². The summed E-state index contributed by atoms with van der Waals surface area (Å²) in [7, 11) is -24.8. The maximum atomic E-state index is 12.8. The van der Waals surface area contributed by atoms with E-state index in [2.05, 4.69) is 10.3 Å². The fraction of sp³-hybridized carbons (Fsp3) is 0.0882. The summed E-state index contributed by atoms with van der Waals surface area (Å²) in [5, 5.41) is 2.94. The number of anilines is 1. The van der Waals surface area contributed by atoms with Gasteiger partial charge >= 0.3 is 0 Å². The van der Waals surface area contributed by atoms with Crippen molar-refractivity contribution in [3.05, 3.63) is 113 Å². The van der Waals surface area contributed by atoms with Crippen molar-refractivity contribution in [3.8, 4) is 22.5 Å². The largest absolute Gasteiger partial charge is 0.456 e. The molecule has 1 aliphatic carbocycles. The van der Waals surface area contributed by atoms with Gasteiger partial charge in [0.05, 0.1) is 21.7 Å². The highest BCUT2D eigenvalue weighted by Gasteiger charge is 2.26. The first-order chi connectivity index (χ1) is 26.3. The number of hydrogen-bond donors (Lipinski definition) is 6. The summed E-state index contributed by atoms with van der Waals surface area (Å²) in [6.45, 7) is 0.806. The molecule has 0 bridgehead atoms. The van der Waals surface area contributed by atoms with Gasteiger partial charge in [0, 0.05) is 40.9 Å². The molecule has 0 spiro atoms. The molecule has 0 saturated carbocycles. The second kappa shape index (κ2) is 14.7. The Morgan fingerprint density at radius 2 is 1.14 bits per heavy atom. The lowest BCUT2D eigenvalue weighted by atomic mass is 9.91. The van der Waals surface area contributed by atoms with Crippen molar-refractivity contribution < 1.29 is 69.3 Å². The number of rotatable bonds is 11. The Labute approximate surface area is 325 Å². The zero-order valence-corrected chi connectivity index (χ0v) is 32.9. The van der Waals surface area contributed by atoms with E-state index in [0.717, 1.165) is 42.0 Å². The number of aryl methyl sites for hydroxylation is 1. The monoisotopic (exact) mass is 880 g/mol. The van der Waals surface area contributed by atoms with Gasteiger partial charge in [-0.3, -0.25) is 27.8 Å². The van der Waals surface area contributed by atoms with Crippen LogP contribution in [0.1, 0.15) is 16.7 Å². The Kier molecular flexibility index (Phi) is 10.7. The average molecular weight is 881 g/mol. The highest BCUT2D eigenvalue weighted by molar-refractivity contribution is 7.87. The molecule has 1 heterocycles. The minimum Gasteiger partial charge on any atom is -0.456 e. The highest BCUT2D eigenvalue weighted by atomic mass is 32.2. The summed E-state index contributed by atoms with van der Waals surface area (Å²) >= 11 is 0. The van der Waals surface area contributed by atoms with Crippen molar-refractivity contribution in [2.75, 3.05) is 5.32 Å². The van der Waals surface area contributed by atoms with Crippen LogP contribution in [-0.4, -0.2) is 64.9 Å². The van der Waals surface area contributed by atoms with E-state index in [1.165, 1.54) is 6.07 Å². The minimum absolute atomic E-state index is 0.00441. The van der Waals surface area contributed by atoms with Crippen molar-refractivity contribution in [1.82, 2.24) is 0 Å². The van der Waals surface area contributed by atoms with E-state index < -0.39 is 87.0 Å². The third kappa shape index (κ3) is 8.91. The van der Waals surface area contributed by atoms with E-state index in [4.69, 9.17) is 4.42 Å². The molecule has 18 nitrogen and oxygen atoms in total. The van der Waals surface area contributed by atoms with Crippen LogP contribution < -0.4 is 10.7 Å². The molecule has 2 aliphatic rings. The van der Waals surface area contributed by atoms with Crippen LogP contribution in [0.2, 0.25) is 0 Å². The van der Waals surface area contributed by atoms with Gasteiger partial charge in [-0.2, -0.15) is 42.1 Å². The fourth-order valence-corrected chi connectivity index (χ4v) is 9.31. The smallest absolute Gasteiger partial charge is 0.296 e. The lowest BCUT2D eigenvalue weighted by molar-refractivity contribution is 0.475. The second-order valence-electron chi connectivity index (χ2n) is 12.4. The summed E-state index contributed by atoms with van der Waals surface area (Å²) in [4.78, 5) is 0.0750. The topological polar surface area (TPSA) is 309 Å². The first kappa shape index (κ1) is 41.6. The highest BCUT2D eigenvalue weighted by Crippen LogP contribution is 2.42. The predicted octanol–water partition coefficient (Wildman–Crippen LogP) is 4.46. The normalized spacial score (nSPS) is 13.3. The van der Waals surface area contributed by atoms with Gasteiger partial charge in [0.15, 0.2) is 0 Å². The number of hydrogen-bond acceptors (Lipinski definition) is 13. The molecule has 0 fully saturated rings. The quantitative estimate of drug-likeness (QED) is 0.0773. The van der Waals surface area contributed by atoms with E-state index in [9.17, 15) is 64.9 Å². The Morgan fingerprint density at radius 3 is 1.70 bits per heavy atom. The second-order valence-corrected chi connectivity index (χ2v) is 19.4. The molecule has 4 aromatic carbocycles. The minimum atomic E-state index is -5.11. The molecule has 1 aliphatic heterocycles. The summed E-state index contributed by atoms with van der Waals surface area (Å²) in [6, 6.07) is 18.8. The van der Waals surface area contributed by atoms with Crippen LogP contribution in [0.3, 0.4) is 0 Å². The zero-order valence-electron chi connectivity index (χ0n) is 28.8. The molecule has 4 aromatic rings. The summed E-state index contributed by atoms with van der Waals surface area (Å²) in [6.07, 6.45) is 0. The molecule has 0 unspecified atom stereocenters. The lowest BCUT2D eigenvalue weighted by Gasteiger charge is -2.19. The van der Waals surface area contributed by atoms with Gasteiger partial charge in [-0.05, 0) is 71.6 Å². The van der Waals surface area contributed by atoms with Crippen LogP contribution >= 0.6 is 0 Å². The van der Waals surface area contributed by atoms with Crippen molar-refractivity contribution in [1.29, 1.82) is 0 Å². The van der Waals surface area contributed by atoms with Crippen LogP contribution in [0.15, 0.2) is 125 Å². The third-order valence-corrected chi connectivity index (χ3v) is 13.1. The van der Waals surface area contributed by atoms with Crippen molar-refractivity contribution >= 4 is 67.2 Å². The van der Waals surface area contributed by atoms with E-state index >= 15 is 0 Å². The molecule has 0 atom stereocenters. The van der Waals surface area contributed by atoms with Gasteiger partial charge in [0.2, 0.25) is 0 Å². The molecule has 0 radical (unpaired) electrons. The van der Waals surface area contributed by atoms with E-state index in [1.54, 1.807) is 43.3 Å². The van der Waals surface area contributed by atoms with Crippen molar-refractivity contribution in [2.24, 2.45) is 4.99 Å². The SMILES string of the molecule is Cc1ccccc1-c1c2cc(S(=O)(=O)O)c(=NCc3ccc(S(=O)(=O)O)cc3S(=O)(=O)O)cc-2oc2cc(NCc3ccc(S(=O)(=O)O)cc3S(=O)(=O)O)ccc12. The van der Waals surface area contributed by atoms with Crippen LogP contribution in [0, 0.1) is 6.92 Å². The molecular weight excluding hydrogens is 853 g/mol. The van der Waals surface area contributed by atoms with Gasteiger partial charge in [0.1, 0.15) is 26.0 Å². The maximum absolute atomic E-state index is 12.8. The molecule has 6 N–H and O–H groups in total. The lowest BCUT2D eigenvalue weighted by Crippen LogP contribution is -2.17.